The van der Waals surface area contributed by atoms with E-state index in [9.17, 15) is 0 Å². The van der Waals surface area contributed by atoms with Gasteiger partial charge in [0.25, 0.3) is 0 Å². The fraction of sp³-hybridized carbons (Fsp3) is 0. The fourth-order valence-corrected chi connectivity index (χ4v) is 0.509. The molecule has 0 N–H and O–H groups in total. The van der Waals surface area contributed by atoms with E-state index in [2.05, 4.69) is 11.1 Å². The molecule has 0 saturated heterocycles. The third kappa shape index (κ3) is 1.10. The number of nitriles is 2. The first-order valence-corrected chi connectivity index (χ1v) is 2.56. The van der Waals surface area contributed by atoms with Crippen LogP contribution in [0.5, 0.6) is 0 Å². The van der Waals surface area contributed by atoms with Gasteiger partial charge in [-0.1, -0.05) is 0 Å². The van der Waals surface area contributed by atoms with Gasteiger partial charge in [-0.3, -0.25) is 0 Å². The van der Waals surface area contributed by atoms with Crippen LogP contribution in [-0.4, -0.2) is 4.98 Å². The predicted molar refractivity (Wildman–Crippen MR) is 32.5 cm³/mol. The molecule has 0 aliphatic heterocycles. The number of rotatable bonds is 0. The van der Waals surface area contributed by atoms with E-state index in [1.165, 1.54) is 12.1 Å². The van der Waals surface area contributed by atoms with Crippen molar-refractivity contribution in [3.05, 3.63) is 29.6 Å². The number of hydrogen-bond donors (Lipinski definition) is 0. The lowest BCUT2D eigenvalue weighted by atomic mass is 10.3. The maximum Gasteiger partial charge on any atom is 0.149 e. The molecule has 0 aliphatic carbocycles. The standard InChI is InChI=1S/C7H2N3/c8-4-6-2-1-3-7(5-9)10-6/h1-2H. The van der Waals surface area contributed by atoms with Gasteiger partial charge >= 0.3 is 0 Å². The van der Waals surface area contributed by atoms with Gasteiger partial charge in [-0.2, -0.15) is 10.5 Å². The van der Waals surface area contributed by atoms with Crippen molar-refractivity contribution in [2.24, 2.45) is 0 Å². The quantitative estimate of drug-likeness (QED) is 0.514. The Labute approximate surface area is 58.2 Å². The summed E-state index contributed by atoms with van der Waals surface area (Å²) in [7, 11) is 0. The summed E-state index contributed by atoms with van der Waals surface area (Å²) in [5, 5.41) is 16.6. The summed E-state index contributed by atoms with van der Waals surface area (Å²) < 4.78 is 0. The Balaban J connectivity index is 3.17. The molecule has 0 saturated carbocycles. The van der Waals surface area contributed by atoms with E-state index in [-0.39, 0.29) is 11.4 Å². The lowest BCUT2D eigenvalue weighted by Gasteiger charge is -1.85. The average Bonchev–Trinajstić information content (AvgIpc) is 2.05. The molecular formula is C7H2N3. The summed E-state index contributed by atoms with van der Waals surface area (Å²) in [5.41, 5.74) is 0.398. The van der Waals surface area contributed by atoms with Gasteiger partial charge in [-0.05, 0) is 12.1 Å². The minimum absolute atomic E-state index is 0.152. The van der Waals surface area contributed by atoms with Gasteiger partial charge in [0.1, 0.15) is 23.5 Å². The molecule has 0 unspecified atom stereocenters. The van der Waals surface area contributed by atoms with E-state index in [4.69, 9.17) is 10.5 Å². The summed E-state index contributed by atoms with van der Waals surface area (Å²) in [5.74, 6) is 0. The van der Waals surface area contributed by atoms with Gasteiger partial charge in [0.2, 0.25) is 0 Å². The van der Waals surface area contributed by atoms with Crippen molar-refractivity contribution in [1.82, 2.24) is 4.98 Å². The molecule has 10 heavy (non-hydrogen) atoms. The van der Waals surface area contributed by atoms with E-state index < -0.39 is 0 Å². The zero-order valence-electron chi connectivity index (χ0n) is 5.00. The Morgan fingerprint density at radius 3 is 2.80 bits per heavy atom. The summed E-state index contributed by atoms with van der Waals surface area (Å²) >= 11 is 0. The molecule has 0 spiro atoms. The van der Waals surface area contributed by atoms with Crippen LogP contribution in [0.15, 0.2) is 12.1 Å². The van der Waals surface area contributed by atoms with Crippen LogP contribution in [0.1, 0.15) is 11.4 Å². The maximum atomic E-state index is 8.32. The Bertz CT molecular complexity index is 287. The largest absolute Gasteiger partial charge is 0.226 e. The highest BCUT2D eigenvalue weighted by Gasteiger charge is 1.92. The third-order valence-corrected chi connectivity index (χ3v) is 0.914. The maximum absolute atomic E-state index is 8.32. The first-order chi connectivity index (χ1) is 4.86. The van der Waals surface area contributed by atoms with Crippen molar-refractivity contribution in [1.29, 1.82) is 10.5 Å². The van der Waals surface area contributed by atoms with E-state index in [0.29, 0.717) is 0 Å². The Hall–Kier alpha value is -1.87. The van der Waals surface area contributed by atoms with Gasteiger partial charge < -0.3 is 0 Å². The SMILES string of the molecule is N#Cc1[c]ccc(C#N)n1. The number of aromatic nitrogens is 1. The van der Waals surface area contributed by atoms with Crippen LogP contribution >= 0.6 is 0 Å². The highest BCUT2D eigenvalue weighted by Crippen LogP contribution is 1.93. The van der Waals surface area contributed by atoms with Crippen molar-refractivity contribution in [2.75, 3.05) is 0 Å². The lowest BCUT2D eigenvalue weighted by Crippen LogP contribution is -1.85. The molecule has 1 radical (unpaired) electrons. The van der Waals surface area contributed by atoms with Crippen molar-refractivity contribution in [3.8, 4) is 12.1 Å². The monoisotopic (exact) mass is 128 g/mol. The van der Waals surface area contributed by atoms with Crippen molar-refractivity contribution < 1.29 is 0 Å². The predicted octanol–water partition coefficient (Wildman–Crippen LogP) is 0.625. The van der Waals surface area contributed by atoms with Crippen molar-refractivity contribution in [2.45, 2.75) is 0 Å². The first-order valence-electron chi connectivity index (χ1n) is 2.56. The lowest BCUT2D eigenvalue weighted by molar-refractivity contribution is 1.21. The summed E-state index contributed by atoms with van der Waals surface area (Å²) in [4.78, 5) is 3.63. The fourth-order valence-electron chi connectivity index (χ4n) is 0.509. The Morgan fingerprint density at radius 1 is 1.40 bits per heavy atom. The molecule has 0 fully saturated rings. The Morgan fingerprint density at radius 2 is 2.20 bits per heavy atom. The molecule has 0 atom stereocenters. The summed E-state index contributed by atoms with van der Waals surface area (Å²) in [6, 6.07) is 9.18. The smallest absolute Gasteiger partial charge is 0.149 e. The zero-order chi connectivity index (χ0) is 7.40. The molecule has 1 rings (SSSR count). The molecule has 0 amide bonds. The highest BCUT2D eigenvalue weighted by atomic mass is 14.7. The normalized spacial score (nSPS) is 7.80. The molecule has 45 valence electrons. The van der Waals surface area contributed by atoms with E-state index in [1.54, 1.807) is 6.07 Å². The molecule has 3 heteroatoms. The van der Waals surface area contributed by atoms with Gasteiger partial charge in [-0.15, -0.1) is 0 Å². The van der Waals surface area contributed by atoms with E-state index >= 15 is 0 Å². The van der Waals surface area contributed by atoms with Gasteiger partial charge in [0.15, 0.2) is 0 Å². The number of pyridine rings is 1. The molecule has 1 heterocycles. The van der Waals surface area contributed by atoms with Crippen LogP contribution < -0.4 is 0 Å². The average molecular weight is 128 g/mol. The van der Waals surface area contributed by atoms with Crippen molar-refractivity contribution >= 4 is 0 Å². The topological polar surface area (TPSA) is 60.5 Å². The molecule has 1 aromatic heterocycles. The van der Waals surface area contributed by atoms with E-state index in [0.717, 1.165) is 0 Å². The van der Waals surface area contributed by atoms with Crippen LogP contribution in [-0.2, 0) is 0 Å². The third-order valence-electron chi connectivity index (χ3n) is 0.914. The molecule has 0 aliphatic rings. The van der Waals surface area contributed by atoms with Gasteiger partial charge in [0, 0.05) is 6.07 Å². The molecule has 0 aromatic carbocycles. The van der Waals surface area contributed by atoms with Crippen LogP contribution in [0.3, 0.4) is 0 Å². The van der Waals surface area contributed by atoms with Crippen molar-refractivity contribution in [3.63, 3.8) is 0 Å². The highest BCUT2D eigenvalue weighted by molar-refractivity contribution is 5.26. The molecule has 0 bridgehead atoms. The second kappa shape index (κ2) is 2.61. The minimum atomic E-state index is 0.152. The zero-order valence-corrected chi connectivity index (χ0v) is 5.00. The van der Waals surface area contributed by atoms with Crippen LogP contribution in [0.4, 0.5) is 0 Å². The first kappa shape index (κ1) is 6.25. The molecule has 3 nitrogen and oxygen atoms in total. The van der Waals surface area contributed by atoms with Gasteiger partial charge in [0.05, 0.1) is 0 Å². The summed E-state index contributed by atoms with van der Waals surface area (Å²) in [6.45, 7) is 0. The van der Waals surface area contributed by atoms with Crippen LogP contribution in [0, 0.1) is 28.7 Å². The van der Waals surface area contributed by atoms with E-state index in [1.807, 2.05) is 6.07 Å². The van der Waals surface area contributed by atoms with Gasteiger partial charge in [-0.25, -0.2) is 4.98 Å². The second-order valence-electron chi connectivity index (χ2n) is 1.55. The number of hydrogen-bond acceptors (Lipinski definition) is 3. The molecular weight excluding hydrogens is 126 g/mol. The summed E-state index contributed by atoms with van der Waals surface area (Å²) in [6.07, 6.45) is 0. The second-order valence-corrected chi connectivity index (χ2v) is 1.55. The van der Waals surface area contributed by atoms with Crippen LogP contribution in [0.25, 0.3) is 0 Å². The molecule has 1 aromatic rings. The number of nitrogens with zero attached hydrogens (tertiary/aromatic N) is 3. The van der Waals surface area contributed by atoms with Crippen LogP contribution in [0.2, 0.25) is 0 Å². The minimum Gasteiger partial charge on any atom is -0.226 e. The Kier molecular flexibility index (Phi) is 1.63.